The first-order valence-electron chi connectivity index (χ1n) is 8.43. The molecule has 1 fully saturated rings. The number of allylic oxidation sites excluding steroid dienone is 4. The summed E-state index contributed by atoms with van der Waals surface area (Å²) < 4.78 is 1.89. The first-order chi connectivity index (χ1) is 10.4. The van der Waals surface area contributed by atoms with Crippen molar-refractivity contribution in [2.45, 2.75) is 46.0 Å². The molecule has 0 radical (unpaired) electrons. The van der Waals surface area contributed by atoms with E-state index in [0.717, 1.165) is 6.42 Å². The van der Waals surface area contributed by atoms with Crippen molar-refractivity contribution < 1.29 is 0 Å². The second-order valence-electron chi connectivity index (χ2n) is 7.80. The van der Waals surface area contributed by atoms with Gasteiger partial charge in [0.15, 0.2) is 0 Å². The quantitative estimate of drug-likeness (QED) is 0.723. The zero-order valence-electron chi connectivity index (χ0n) is 14.2. The molecule has 22 heavy (non-hydrogen) atoms. The van der Waals surface area contributed by atoms with Crippen molar-refractivity contribution in [1.82, 2.24) is 4.57 Å². The highest BCUT2D eigenvalue weighted by molar-refractivity contribution is 5.61. The van der Waals surface area contributed by atoms with Crippen LogP contribution in [0, 0.1) is 17.3 Å². The van der Waals surface area contributed by atoms with Crippen LogP contribution in [0.3, 0.4) is 0 Å². The highest BCUT2D eigenvalue weighted by Crippen LogP contribution is 2.77. The van der Waals surface area contributed by atoms with Gasteiger partial charge >= 0.3 is 0 Å². The first-order valence-corrected chi connectivity index (χ1v) is 8.43. The van der Waals surface area contributed by atoms with Crippen LogP contribution in [0.4, 0.5) is 0 Å². The summed E-state index contributed by atoms with van der Waals surface area (Å²) in [6.07, 6.45) is 7.05. The number of hydrogen-bond acceptors (Lipinski definition) is 1. The van der Waals surface area contributed by atoms with Gasteiger partial charge in [-0.3, -0.25) is 4.79 Å². The van der Waals surface area contributed by atoms with E-state index >= 15 is 0 Å². The van der Waals surface area contributed by atoms with Crippen LogP contribution in [0.25, 0.3) is 0 Å². The van der Waals surface area contributed by atoms with Gasteiger partial charge in [-0.05, 0) is 38.2 Å². The van der Waals surface area contributed by atoms with E-state index in [2.05, 4.69) is 45.9 Å². The van der Waals surface area contributed by atoms with Gasteiger partial charge in [0, 0.05) is 35.6 Å². The van der Waals surface area contributed by atoms with E-state index in [1.165, 1.54) is 23.3 Å². The number of fused-ring (bicyclic) bond motifs is 2. The van der Waals surface area contributed by atoms with Gasteiger partial charge in [0.1, 0.15) is 0 Å². The second kappa shape index (κ2) is 4.04. The summed E-state index contributed by atoms with van der Waals surface area (Å²) in [6.45, 7) is 9.17. The van der Waals surface area contributed by atoms with Gasteiger partial charge in [0.2, 0.25) is 5.56 Å². The van der Waals surface area contributed by atoms with E-state index in [9.17, 15) is 4.79 Å². The van der Waals surface area contributed by atoms with Gasteiger partial charge < -0.3 is 4.57 Å². The zero-order chi connectivity index (χ0) is 15.9. The van der Waals surface area contributed by atoms with Gasteiger partial charge in [-0.15, -0.1) is 0 Å². The molecule has 3 aliphatic carbocycles. The monoisotopic (exact) mass is 295 g/mol. The third kappa shape index (κ3) is 1.20. The molecule has 0 aromatic carbocycles. The van der Waals surface area contributed by atoms with Gasteiger partial charge in [0.25, 0.3) is 0 Å². The molecule has 3 atom stereocenters. The molecule has 1 saturated carbocycles. The lowest BCUT2D eigenvalue weighted by Crippen LogP contribution is -2.61. The van der Waals surface area contributed by atoms with Crippen molar-refractivity contribution in [3.05, 3.63) is 57.0 Å². The van der Waals surface area contributed by atoms with Crippen LogP contribution in [0.15, 0.2) is 40.2 Å². The lowest BCUT2D eigenvalue weighted by Gasteiger charge is -2.63. The molecule has 1 aromatic heterocycles. The number of hydrogen-bond donors (Lipinski definition) is 0. The number of pyridine rings is 1. The molecule has 116 valence electrons. The van der Waals surface area contributed by atoms with Crippen LogP contribution >= 0.6 is 0 Å². The van der Waals surface area contributed by atoms with Gasteiger partial charge in [-0.2, -0.15) is 0 Å². The normalized spacial score (nSPS) is 36.9. The van der Waals surface area contributed by atoms with E-state index in [4.69, 9.17) is 0 Å². The lowest BCUT2D eigenvalue weighted by molar-refractivity contribution is 0.00902. The predicted molar refractivity (Wildman–Crippen MR) is 90.0 cm³/mol. The van der Waals surface area contributed by atoms with Crippen molar-refractivity contribution in [2.75, 3.05) is 0 Å². The largest absolute Gasteiger partial charge is 0.315 e. The molecule has 3 aliphatic rings. The minimum Gasteiger partial charge on any atom is -0.315 e. The van der Waals surface area contributed by atoms with E-state index in [1.807, 2.05) is 11.6 Å². The first kappa shape index (κ1) is 14.0. The minimum atomic E-state index is 0.122. The van der Waals surface area contributed by atoms with Crippen molar-refractivity contribution >= 4 is 0 Å². The van der Waals surface area contributed by atoms with Crippen molar-refractivity contribution in [3.63, 3.8) is 0 Å². The molecule has 0 N–H and O–H groups in total. The van der Waals surface area contributed by atoms with Gasteiger partial charge in [-0.25, -0.2) is 0 Å². The average Bonchev–Trinajstić information content (AvgIpc) is 2.87. The fourth-order valence-corrected chi connectivity index (χ4v) is 6.25. The fraction of sp³-hybridized carbons (Fsp3) is 0.550. The molecule has 0 bridgehead atoms. The topological polar surface area (TPSA) is 22.0 Å². The summed E-state index contributed by atoms with van der Waals surface area (Å²) in [7, 11) is 1.94. The number of aromatic nitrogens is 1. The molecule has 0 saturated heterocycles. The molecule has 2 heteroatoms. The SMILES string of the molecule is C/C=C1\C2C=C(C)CC23Cc2c(ccc(=O)n2C)[C@]13C(C)C. The third-order valence-corrected chi connectivity index (χ3v) is 6.74. The standard InChI is InChI=1S/C20H25NO/c1-6-14-16-9-13(4)10-19(16)11-17-15(20(14,19)12(2)3)7-8-18(22)21(17)5/h6-9,12,16H,10-11H2,1-5H3/b14-6+/t16?,19?,20-/m0/s1. The molecule has 0 amide bonds. The molecular formula is C20H25NO. The maximum absolute atomic E-state index is 12.1. The van der Waals surface area contributed by atoms with Crippen LogP contribution in [0.1, 0.15) is 45.4 Å². The highest BCUT2D eigenvalue weighted by Gasteiger charge is 2.74. The van der Waals surface area contributed by atoms with Crippen molar-refractivity contribution in [1.29, 1.82) is 0 Å². The summed E-state index contributed by atoms with van der Waals surface area (Å²) in [5.41, 5.74) is 6.31. The van der Waals surface area contributed by atoms with Gasteiger partial charge in [0.05, 0.1) is 0 Å². The van der Waals surface area contributed by atoms with E-state index < -0.39 is 0 Å². The Bertz CT molecular complexity index is 794. The molecule has 2 unspecified atom stereocenters. The van der Waals surface area contributed by atoms with Crippen LogP contribution < -0.4 is 5.56 Å². The fourth-order valence-electron chi connectivity index (χ4n) is 6.25. The number of nitrogens with zero attached hydrogens (tertiary/aromatic N) is 1. The molecule has 1 spiro atoms. The van der Waals surface area contributed by atoms with Crippen LogP contribution in [-0.4, -0.2) is 4.57 Å². The number of rotatable bonds is 1. The maximum atomic E-state index is 12.1. The Morgan fingerprint density at radius 3 is 2.68 bits per heavy atom. The second-order valence-corrected chi connectivity index (χ2v) is 7.80. The van der Waals surface area contributed by atoms with E-state index in [-0.39, 0.29) is 16.4 Å². The molecular weight excluding hydrogens is 270 g/mol. The minimum absolute atomic E-state index is 0.122. The smallest absolute Gasteiger partial charge is 0.250 e. The van der Waals surface area contributed by atoms with Crippen LogP contribution in [0.2, 0.25) is 0 Å². The lowest BCUT2D eigenvalue weighted by atomic mass is 9.38. The van der Waals surface area contributed by atoms with E-state index in [0.29, 0.717) is 11.8 Å². The molecule has 1 aromatic rings. The van der Waals surface area contributed by atoms with Crippen LogP contribution in [0.5, 0.6) is 0 Å². The summed E-state index contributed by atoms with van der Waals surface area (Å²) in [5.74, 6) is 1.12. The van der Waals surface area contributed by atoms with Gasteiger partial charge in [-0.1, -0.05) is 43.2 Å². The Labute approximate surface area is 132 Å². The zero-order valence-corrected chi connectivity index (χ0v) is 14.2. The van der Waals surface area contributed by atoms with E-state index in [1.54, 1.807) is 11.6 Å². The van der Waals surface area contributed by atoms with Crippen molar-refractivity contribution in [3.8, 4) is 0 Å². The average molecular weight is 295 g/mol. The summed E-state index contributed by atoms with van der Waals surface area (Å²) >= 11 is 0. The molecule has 0 aliphatic heterocycles. The summed E-state index contributed by atoms with van der Waals surface area (Å²) in [6, 6.07) is 3.89. The summed E-state index contributed by atoms with van der Waals surface area (Å²) in [5, 5.41) is 0. The third-order valence-electron chi connectivity index (χ3n) is 6.74. The Balaban J connectivity index is 2.06. The molecule has 1 heterocycles. The maximum Gasteiger partial charge on any atom is 0.250 e. The van der Waals surface area contributed by atoms with Crippen LogP contribution in [-0.2, 0) is 18.9 Å². The Morgan fingerprint density at radius 2 is 2.05 bits per heavy atom. The predicted octanol–water partition coefficient (Wildman–Crippen LogP) is 3.75. The Morgan fingerprint density at radius 1 is 1.32 bits per heavy atom. The Kier molecular flexibility index (Phi) is 2.58. The molecule has 2 nitrogen and oxygen atoms in total. The summed E-state index contributed by atoms with van der Waals surface area (Å²) in [4.78, 5) is 12.1. The highest BCUT2D eigenvalue weighted by atomic mass is 16.1. The molecule has 4 rings (SSSR count). The van der Waals surface area contributed by atoms with Crippen molar-refractivity contribution in [2.24, 2.45) is 24.3 Å². The Hall–Kier alpha value is -1.57.